The zero-order chi connectivity index (χ0) is 35.2. The van der Waals surface area contributed by atoms with E-state index in [1.54, 1.807) is 31.4 Å². The first-order valence-corrected chi connectivity index (χ1v) is 17.7. The number of halogens is 2. The van der Waals surface area contributed by atoms with Gasteiger partial charge in [-0.25, -0.2) is 13.8 Å². The van der Waals surface area contributed by atoms with Gasteiger partial charge in [0.15, 0.2) is 5.82 Å². The van der Waals surface area contributed by atoms with Gasteiger partial charge in [0.05, 0.1) is 38.0 Å². The van der Waals surface area contributed by atoms with Gasteiger partial charge < -0.3 is 24.8 Å². The van der Waals surface area contributed by atoms with E-state index in [2.05, 4.69) is 44.4 Å². The van der Waals surface area contributed by atoms with Crippen LogP contribution in [0.4, 0.5) is 20.5 Å². The van der Waals surface area contributed by atoms with Crippen molar-refractivity contribution in [3.8, 4) is 11.6 Å². The van der Waals surface area contributed by atoms with E-state index in [4.69, 9.17) is 19.4 Å². The molecule has 1 saturated heterocycles. The van der Waals surface area contributed by atoms with Crippen LogP contribution < -0.4 is 15.0 Å². The average molecular weight is 698 g/mol. The fourth-order valence-corrected chi connectivity index (χ4v) is 7.33. The first kappa shape index (κ1) is 34.8. The number of anilines is 2. The molecule has 10 nitrogen and oxygen atoms in total. The van der Waals surface area contributed by atoms with E-state index < -0.39 is 6.43 Å². The van der Waals surface area contributed by atoms with Crippen molar-refractivity contribution >= 4 is 22.8 Å². The van der Waals surface area contributed by atoms with Crippen LogP contribution in [-0.4, -0.2) is 75.5 Å². The predicted molar refractivity (Wildman–Crippen MR) is 193 cm³/mol. The molecule has 3 aromatic carbocycles. The number of nitrogens with one attached hydrogen (secondary N) is 1. The van der Waals surface area contributed by atoms with Gasteiger partial charge in [-0.2, -0.15) is 9.97 Å². The van der Waals surface area contributed by atoms with E-state index in [1.807, 2.05) is 30.3 Å². The predicted octanol–water partition coefficient (Wildman–Crippen LogP) is 6.76. The van der Waals surface area contributed by atoms with Crippen molar-refractivity contribution in [2.45, 2.75) is 57.8 Å². The second-order valence-electron chi connectivity index (χ2n) is 13.4. The monoisotopic (exact) mass is 697 g/mol. The lowest BCUT2D eigenvalue weighted by Crippen LogP contribution is -2.38. The van der Waals surface area contributed by atoms with Crippen molar-refractivity contribution in [1.29, 1.82) is 0 Å². The van der Waals surface area contributed by atoms with E-state index in [0.717, 1.165) is 50.1 Å². The summed E-state index contributed by atoms with van der Waals surface area (Å²) in [6.07, 6.45) is 1.36. The minimum atomic E-state index is -2.77. The Morgan fingerprint density at radius 3 is 2.31 bits per heavy atom. The summed E-state index contributed by atoms with van der Waals surface area (Å²) < 4.78 is 41.1. The van der Waals surface area contributed by atoms with Gasteiger partial charge >= 0.3 is 0 Å². The highest BCUT2D eigenvalue weighted by atomic mass is 19.3. The van der Waals surface area contributed by atoms with Crippen LogP contribution in [0, 0.1) is 5.92 Å². The van der Waals surface area contributed by atoms with Crippen molar-refractivity contribution in [2.24, 2.45) is 5.92 Å². The second-order valence-corrected chi connectivity index (χ2v) is 13.4. The quantitative estimate of drug-likeness (QED) is 0.138. The van der Waals surface area contributed by atoms with Crippen LogP contribution in [0.15, 0.2) is 78.9 Å². The fraction of sp³-hybridized carbons (Fsp3) is 0.410. The Morgan fingerprint density at radius 1 is 0.863 bits per heavy atom. The molecule has 0 bridgehead atoms. The van der Waals surface area contributed by atoms with E-state index >= 15 is 0 Å². The Labute approximate surface area is 297 Å². The summed E-state index contributed by atoms with van der Waals surface area (Å²) in [6.45, 7) is 4.74. The van der Waals surface area contributed by atoms with Gasteiger partial charge in [0.1, 0.15) is 17.4 Å². The van der Waals surface area contributed by atoms with Crippen LogP contribution in [0.1, 0.15) is 54.6 Å². The summed E-state index contributed by atoms with van der Waals surface area (Å²) in [6, 6.07) is 25.7. The maximum absolute atomic E-state index is 14.3. The lowest BCUT2D eigenvalue weighted by Gasteiger charge is -2.37. The van der Waals surface area contributed by atoms with Crippen molar-refractivity contribution in [3.63, 3.8) is 0 Å². The number of rotatable bonds is 13. The highest BCUT2D eigenvalue weighted by Crippen LogP contribution is 2.32. The maximum Gasteiger partial charge on any atom is 0.296 e. The molecule has 0 amide bonds. The van der Waals surface area contributed by atoms with Crippen LogP contribution in [0.3, 0.4) is 0 Å². The Balaban J connectivity index is 1.08. The summed E-state index contributed by atoms with van der Waals surface area (Å²) in [4.78, 5) is 18.6. The van der Waals surface area contributed by atoms with Crippen LogP contribution in [0.2, 0.25) is 0 Å². The number of methoxy groups -OCH3 is 1. The van der Waals surface area contributed by atoms with E-state index in [0.29, 0.717) is 73.4 Å². The zero-order valence-electron chi connectivity index (χ0n) is 28.9. The largest absolute Gasteiger partial charge is 0.497 e. The highest BCUT2D eigenvalue weighted by molar-refractivity contribution is 5.78. The first-order valence-electron chi connectivity index (χ1n) is 17.7. The number of alkyl halides is 2. The Morgan fingerprint density at radius 2 is 1.57 bits per heavy atom. The number of aliphatic hydroxyl groups excluding tert-OH is 1. The fourth-order valence-electron chi connectivity index (χ4n) is 7.33. The molecule has 0 spiro atoms. The van der Waals surface area contributed by atoms with Gasteiger partial charge in [-0.05, 0) is 72.6 Å². The molecular weight excluding hydrogens is 652 g/mol. The number of hydrogen-bond donors (Lipinski definition) is 2. The molecule has 12 heteroatoms. The highest BCUT2D eigenvalue weighted by Gasteiger charge is 2.28. The Bertz CT molecular complexity index is 1860. The molecule has 2 N–H and O–H groups in total. The summed E-state index contributed by atoms with van der Waals surface area (Å²) >= 11 is 0. The third-order valence-corrected chi connectivity index (χ3v) is 10.0. The minimum absolute atomic E-state index is 0.0225. The molecule has 51 heavy (non-hydrogen) atoms. The average Bonchev–Trinajstić information content (AvgIpc) is 3.58. The van der Waals surface area contributed by atoms with E-state index in [-0.39, 0.29) is 12.4 Å². The number of imidazole rings is 1. The molecule has 0 atom stereocenters. The molecule has 5 aromatic rings. The van der Waals surface area contributed by atoms with Crippen LogP contribution >= 0.6 is 0 Å². The Hall–Kier alpha value is -4.65. The van der Waals surface area contributed by atoms with Crippen molar-refractivity contribution < 1.29 is 23.4 Å². The van der Waals surface area contributed by atoms with Crippen LogP contribution in [-0.2, 0) is 24.4 Å². The molecule has 0 radical (unpaired) electrons. The molecule has 0 unspecified atom stereocenters. The summed E-state index contributed by atoms with van der Waals surface area (Å²) in [7, 11) is 1.69. The Kier molecular flexibility index (Phi) is 11.0. The molecular formula is C39H45F2N7O3. The molecule has 3 heterocycles. The second kappa shape index (κ2) is 16.1. The summed E-state index contributed by atoms with van der Waals surface area (Å²) in [5.41, 5.74) is 4.36. The number of para-hydroxylation sites is 2. The number of ether oxygens (including phenoxy) is 2. The van der Waals surface area contributed by atoms with Gasteiger partial charge in [-0.15, -0.1) is 0 Å². The number of nitrogens with zero attached hydrogens (tertiary/aromatic N) is 6. The minimum Gasteiger partial charge on any atom is -0.497 e. The number of aliphatic hydroxyl groups is 1. The van der Waals surface area contributed by atoms with Crippen LogP contribution in [0.5, 0.6) is 5.75 Å². The maximum atomic E-state index is 14.3. The topological polar surface area (TPSA) is 101 Å². The van der Waals surface area contributed by atoms with E-state index in [1.165, 1.54) is 15.7 Å². The van der Waals surface area contributed by atoms with Gasteiger partial charge in [0.25, 0.3) is 6.43 Å². The van der Waals surface area contributed by atoms with Gasteiger partial charge in [0.2, 0.25) is 5.95 Å². The van der Waals surface area contributed by atoms with Gasteiger partial charge in [0, 0.05) is 44.8 Å². The third kappa shape index (κ3) is 8.30. The molecule has 2 aliphatic rings. The lowest BCUT2D eigenvalue weighted by molar-refractivity contribution is 0.122. The van der Waals surface area contributed by atoms with Gasteiger partial charge in [-0.1, -0.05) is 48.5 Å². The zero-order valence-corrected chi connectivity index (χ0v) is 28.9. The molecule has 2 fully saturated rings. The molecule has 1 saturated carbocycles. The number of morpholine rings is 1. The van der Waals surface area contributed by atoms with Gasteiger partial charge in [-0.3, -0.25) is 9.47 Å². The molecule has 268 valence electrons. The summed E-state index contributed by atoms with van der Waals surface area (Å²) in [5.74, 6) is 2.36. The SMILES string of the molecule is COc1cccc(CN(Cc2cccc(CO)c2)C2CCC(CNc3nc(N4CCOCC4)cc(-n4c(C(F)F)nc5ccccc54)n3)CC2)c1. The number of hydrogen-bond acceptors (Lipinski definition) is 9. The molecule has 1 aliphatic carbocycles. The molecule has 1 aliphatic heterocycles. The third-order valence-electron chi connectivity index (χ3n) is 10.0. The standard InChI is InChI=1S/C39H45F2N7O3/c1-50-32-9-5-7-29(21-32)25-47(24-28-6-4-8-30(20-28)26-49)31-14-12-27(13-15-31)23-42-39-44-35(46-16-18-51-19-17-46)22-36(45-39)48-34-11-3-2-10-33(34)43-38(48)37(40)41/h2-11,20-22,27,31,37,49H,12-19,23-26H2,1H3,(H,42,44,45). The van der Waals surface area contributed by atoms with Crippen molar-refractivity contribution in [2.75, 3.05) is 50.2 Å². The normalized spacial score (nSPS) is 18.1. The number of fused-ring (bicyclic) bond motifs is 1. The molecule has 2 aromatic heterocycles. The first-order chi connectivity index (χ1) is 25.0. The smallest absolute Gasteiger partial charge is 0.296 e. The van der Waals surface area contributed by atoms with Crippen LogP contribution in [0.25, 0.3) is 16.9 Å². The number of benzene rings is 3. The molecule has 7 rings (SSSR count). The van der Waals surface area contributed by atoms with E-state index in [9.17, 15) is 13.9 Å². The van der Waals surface area contributed by atoms with Crippen molar-refractivity contribution in [3.05, 3.63) is 101 Å². The number of aromatic nitrogens is 4. The van der Waals surface area contributed by atoms with Crippen molar-refractivity contribution in [1.82, 2.24) is 24.4 Å². The summed E-state index contributed by atoms with van der Waals surface area (Å²) in [5, 5.41) is 13.2. The lowest BCUT2D eigenvalue weighted by atomic mass is 9.85.